The predicted molar refractivity (Wildman–Crippen MR) is 76.2 cm³/mol. The minimum Gasteiger partial charge on any atom is -0.463 e. The van der Waals surface area contributed by atoms with E-state index in [1.54, 1.807) is 0 Å². The van der Waals surface area contributed by atoms with Crippen LogP contribution in [0.4, 0.5) is 0 Å². The molecule has 2 aromatic rings. The Morgan fingerprint density at radius 1 is 1.21 bits per heavy atom. The van der Waals surface area contributed by atoms with Gasteiger partial charge in [-0.3, -0.25) is 4.68 Å². The molecule has 2 aromatic heterocycles. The maximum absolute atomic E-state index is 5.82. The highest BCUT2D eigenvalue weighted by molar-refractivity contribution is 5.23. The van der Waals surface area contributed by atoms with Crippen molar-refractivity contribution in [3.63, 3.8) is 0 Å². The van der Waals surface area contributed by atoms with Crippen molar-refractivity contribution in [2.45, 2.75) is 53.8 Å². The van der Waals surface area contributed by atoms with E-state index in [4.69, 9.17) is 4.42 Å². The summed E-state index contributed by atoms with van der Waals surface area (Å²) in [5.41, 5.74) is 3.55. The largest absolute Gasteiger partial charge is 0.463 e. The Morgan fingerprint density at radius 3 is 2.47 bits per heavy atom. The van der Waals surface area contributed by atoms with Crippen LogP contribution in [0.25, 0.3) is 0 Å². The molecular formula is C15H23N3O. The molecule has 0 bridgehead atoms. The summed E-state index contributed by atoms with van der Waals surface area (Å²) in [7, 11) is 0. The molecule has 1 N–H and O–H groups in total. The fourth-order valence-electron chi connectivity index (χ4n) is 2.00. The molecule has 0 aliphatic heterocycles. The molecular weight excluding hydrogens is 238 g/mol. The van der Waals surface area contributed by atoms with Gasteiger partial charge in [-0.1, -0.05) is 13.8 Å². The lowest BCUT2D eigenvalue weighted by atomic mass is 10.2. The van der Waals surface area contributed by atoms with Crippen LogP contribution in [-0.4, -0.2) is 15.8 Å². The lowest BCUT2D eigenvalue weighted by Crippen LogP contribution is -2.21. The Bertz CT molecular complexity index is 552. The Labute approximate surface area is 114 Å². The van der Waals surface area contributed by atoms with Crippen LogP contribution in [-0.2, 0) is 13.1 Å². The summed E-state index contributed by atoms with van der Waals surface area (Å²) in [5, 5.41) is 7.88. The van der Waals surface area contributed by atoms with E-state index < -0.39 is 0 Å². The van der Waals surface area contributed by atoms with Crippen LogP contribution in [0, 0.1) is 20.8 Å². The molecule has 4 nitrogen and oxygen atoms in total. The van der Waals surface area contributed by atoms with Gasteiger partial charge in [-0.2, -0.15) is 5.10 Å². The Hall–Kier alpha value is -1.55. The molecule has 2 rings (SSSR count). The summed E-state index contributed by atoms with van der Waals surface area (Å²) in [4.78, 5) is 0. The molecule has 0 aliphatic carbocycles. The van der Waals surface area contributed by atoms with Gasteiger partial charge in [0, 0.05) is 11.7 Å². The van der Waals surface area contributed by atoms with E-state index in [9.17, 15) is 0 Å². The van der Waals surface area contributed by atoms with Crippen molar-refractivity contribution in [3.8, 4) is 0 Å². The topological polar surface area (TPSA) is 43.0 Å². The van der Waals surface area contributed by atoms with Crippen molar-refractivity contribution in [1.29, 1.82) is 0 Å². The minimum absolute atomic E-state index is 0.465. The van der Waals surface area contributed by atoms with Gasteiger partial charge in [-0.05, 0) is 38.5 Å². The number of furan rings is 1. The summed E-state index contributed by atoms with van der Waals surface area (Å²) in [5.74, 6) is 1.92. The molecule has 0 atom stereocenters. The second kappa shape index (κ2) is 5.61. The van der Waals surface area contributed by atoms with E-state index in [0.29, 0.717) is 12.6 Å². The van der Waals surface area contributed by atoms with Gasteiger partial charge in [0.1, 0.15) is 11.5 Å². The van der Waals surface area contributed by atoms with E-state index in [-0.39, 0.29) is 0 Å². The van der Waals surface area contributed by atoms with Crippen molar-refractivity contribution < 1.29 is 4.42 Å². The number of aromatic nitrogens is 2. The van der Waals surface area contributed by atoms with Crippen molar-refractivity contribution >= 4 is 0 Å². The first-order valence-electron chi connectivity index (χ1n) is 6.79. The minimum atomic E-state index is 0.465. The Kier molecular flexibility index (Phi) is 4.10. The SMILES string of the molecule is Cc1nn(Cc2ccc(CNC(C)C)o2)c(C)c1C. The zero-order valence-electron chi connectivity index (χ0n) is 12.4. The summed E-state index contributed by atoms with van der Waals surface area (Å²) in [6.07, 6.45) is 0. The third-order valence-electron chi connectivity index (χ3n) is 3.45. The lowest BCUT2D eigenvalue weighted by Gasteiger charge is -2.05. The van der Waals surface area contributed by atoms with Gasteiger partial charge >= 0.3 is 0 Å². The molecule has 0 spiro atoms. The van der Waals surface area contributed by atoms with Crippen molar-refractivity contribution in [2.24, 2.45) is 0 Å². The Balaban J connectivity index is 2.05. The number of nitrogens with one attached hydrogen (secondary N) is 1. The number of hydrogen-bond donors (Lipinski definition) is 1. The van der Waals surface area contributed by atoms with Crippen LogP contribution in [0.15, 0.2) is 16.5 Å². The number of aryl methyl sites for hydroxylation is 1. The number of hydrogen-bond acceptors (Lipinski definition) is 3. The first-order chi connectivity index (χ1) is 8.97. The van der Waals surface area contributed by atoms with Gasteiger partial charge in [-0.25, -0.2) is 0 Å². The van der Waals surface area contributed by atoms with E-state index in [0.717, 1.165) is 23.8 Å². The normalized spacial score (nSPS) is 11.5. The van der Waals surface area contributed by atoms with E-state index in [2.05, 4.69) is 38.1 Å². The number of rotatable bonds is 5. The maximum Gasteiger partial charge on any atom is 0.125 e. The zero-order valence-corrected chi connectivity index (χ0v) is 12.4. The first-order valence-corrected chi connectivity index (χ1v) is 6.79. The molecule has 19 heavy (non-hydrogen) atoms. The average molecular weight is 261 g/mol. The highest BCUT2D eigenvalue weighted by atomic mass is 16.3. The standard InChI is InChI=1S/C15H23N3O/c1-10(2)16-8-14-6-7-15(19-14)9-18-13(5)11(3)12(4)17-18/h6-7,10,16H,8-9H2,1-5H3. The molecule has 0 fully saturated rings. The van der Waals surface area contributed by atoms with E-state index in [1.165, 1.54) is 11.3 Å². The van der Waals surface area contributed by atoms with Gasteiger partial charge in [-0.15, -0.1) is 0 Å². The van der Waals surface area contributed by atoms with Crippen LogP contribution in [0.5, 0.6) is 0 Å². The summed E-state index contributed by atoms with van der Waals surface area (Å²) >= 11 is 0. The zero-order chi connectivity index (χ0) is 14.0. The summed E-state index contributed by atoms with van der Waals surface area (Å²) in [6.45, 7) is 12.0. The second-order valence-corrected chi connectivity index (χ2v) is 5.36. The summed E-state index contributed by atoms with van der Waals surface area (Å²) in [6, 6.07) is 4.53. The van der Waals surface area contributed by atoms with Crippen molar-refractivity contribution in [2.75, 3.05) is 0 Å². The van der Waals surface area contributed by atoms with Crippen LogP contribution in [0.3, 0.4) is 0 Å². The van der Waals surface area contributed by atoms with Gasteiger partial charge in [0.25, 0.3) is 0 Å². The highest BCUT2D eigenvalue weighted by Crippen LogP contribution is 2.15. The third-order valence-corrected chi connectivity index (χ3v) is 3.45. The van der Waals surface area contributed by atoms with Gasteiger partial charge in [0.05, 0.1) is 18.8 Å². The fourth-order valence-corrected chi connectivity index (χ4v) is 2.00. The smallest absolute Gasteiger partial charge is 0.125 e. The molecule has 0 amide bonds. The van der Waals surface area contributed by atoms with Crippen molar-refractivity contribution in [3.05, 3.63) is 40.6 Å². The van der Waals surface area contributed by atoms with Crippen LogP contribution < -0.4 is 5.32 Å². The molecule has 0 aliphatic rings. The van der Waals surface area contributed by atoms with E-state index >= 15 is 0 Å². The van der Waals surface area contributed by atoms with E-state index in [1.807, 2.05) is 23.7 Å². The second-order valence-electron chi connectivity index (χ2n) is 5.36. The fraction of sp³-hybridized carbons (Fsp3) is 0.533. The molecule has 2 heterocycles. The molecule has 0 saturated carbocycles. The van der Waals surface area contributed by atoms with Crippen LogP contribution in [0.2, 0.25) is 0 Å². The molecule has 4 heteroatoms. The average Bonchev–Trinajstić information content (AvgIpc) is 2.89. The monoisotopic (exact) mass is 261 g/mol. The summed E-state index contributed by atoms with van der Waals surface area (Å²) < 4.78 is 7.82. The molecule has 0 unspecified atom stereocenters. The molecule has 0 saturated heterocycles. The van der Waals surface area contributed by atoms with Crippen LogP contribution >= 0.6 is 0 Å². The van der Waals surface area contributed by atoms with Crippen molar-refractivity contribution in [1.82, 2.24) is 15.1 Å². The quantitative estimate of drug-likeness (QED) is 0.900. The van der Waals surface area contributed by atoms with Crippen LogP contribution in [0.1, 0.15) is 42.3 Å². The maximum atomic E-state index is 5.82. The first kappa shape index (κ1) is 13.9. The third kappa shape index (κ3) is 3.26. The lowest BCUT2D eigenvalue weighted by molar-refractivity contribution is 0.419. The molecule has 0 radical (unpaired) electrons. The molecule has 104 valence electrons. The van der Waals surface area contributed by atoms with Gasteiger partial charge in [0.2, 0.25) is 0 Å². The number of nitrogens with zero attached hydrogens (tertiary/aromatic N) is 2. The molecule has 0 aromatic carbocycles. The Morgan fingerprint density at radius 2 is 1.89 bits per heavy atom. The van der Waals surface area contributed by atoms with Gasteiger partial charge in [0.15, 0.2) is 0 Å². The van der Waals surface area contributed by atoms with Gasteiger partial charge < -0.3 is 9.73 Å². The highest BCUT2D eigenvalue weighted by Gasteiger charge is 2.09. The predicted octanol–water partition coefficient (Wildman–Crippen LogP) is 2.95.